The Morgan fingerprint density at radius 2 is 1.75 bits per heavy atom. The highest BCUT2D eigenvalue weighted by Gasteiger charge is 2.03. The van der Waals surface area contributed by atoms with E-state index in [1.54, 1.807) is 24.3 Å². The fourth-order valence-corrected chi connectivity index (χ4v) is 0.933. The third-order valence-electron chi connectivity index (χ3n) is 1.70. The van der Waals surface area contributed by atoms with Crippen LogP contribution in [0.4, 0.5) is 15.3 Å². The maximum absolute atomic E-state index is 10.9. The quantitative estimate of drug-likeness (QED) is 0.799. The van der Waals surface area contributed by atoms with Crippen LogP contribution in [-0.4, -0.2) is 26.3 Å². The van der Waals surface area contributed by atoms with Crippen molar-refractivity contribution in [3.8, 4) is 5.75 Å². The van der Waals surface area contributed by atoms with Crippen LogP contribution in [0.2, 0.25) is 0 Å². The van der Waals surface area contributed by atoms with E-state index in [0.29, 0.717) is 11.4 Å². The molecule has 0 aliphatic carbocycles. The molecule has 0 spiro atoms. The van der Waals surface area contributed by atoms with Crippen molar-refractivity contribution in [3.63, 3.8) is 0 Å². The molecule has 1 aromatic carbocycles. The Hall–Kier alpha value is -2.24. The van der Waals surface area contributed by atoms with Crippen LogP contribution in [-0.2, 0) is 4.74 Å². The van der Waals surface area contributed by atoms with Crippen LogP contribution in [0.5, 0.6) is 5.75 Å². The molecule has 6 nitrogen and oxygen atoms in total. The van der Waals surface area contributed by atoms with Crippen molar-refractivity contribution in [2.45, 2.75) is 0 Å². The van der Waals surface area contributed by atoms with Crippen LogP contribution in [0.3, 0.4) is 0 Å². The lowest BCUT2D eigenvalue weighted by Crippen LogP contribution is -2.22. The lowest BCUT2D eigenvalue weighted by molar-refractivity contribution is 0.187. The van der Waals surface area contributed by atoms with E-state index in [9.17, 15) is 9.59 Å². The van der Waals surface area contributed by atoms with Crippen LogP contribution in [0.25, 0.3) is 0 Å². The number of hydrogen-bond donors (Lipinski definition) is 2. The van der Waals surface area contributed by atoms with Gasteiger partial charge >= 0.3 is 12.2 Å². The van der Waals surface area contributed by atoms with Crippen LogP contribution in [0.1, 0.15) is 0 Å². The van der Waals surface area contributed by atoms with Gasteiger partial charge in [0.05, 0.1) is 7.11 Å². The van der Waals surface area contributed by atoms with E-state index in [4.69, 9.17) is 4.74 Å². The van der Waals surface area contributed by atoms with Gasteiger partial charge in [-0.05, 0) is 24.3 Å². The highest BCUT2D eigenvalue weighted by atomic mass is 16.6. The minimum Gasteiger partial charge on any atom is -0.453 e. The summed E-state index contributed by atoms with van der Waals surface area (Å²) < 4.78 is 9.28. The molecule has 1 aromatic rings. The van der Waals surface area contributed by atoms with Crippen molar-refractivity contribution >= 4 is 17.9 Å². The summed E-state index contributed by atoms with van der Waals surface area (Å²) in [7, 11) is 2.74. The first kappa shape index (κ1) is 11.8. The van der Waals surface area contributed by atoms with Gasteiger partial charge in [-0.15, -0.1) is 0 Å². The van der Waals surface area contributed by atoms with E-state index < -0.39 is 12.2 Å². The number of ether oxygens (including phenoxy) is 2. The average molecular weight is 224 g/mol. The van der Waals surface area contributed by atoms with Gasteiger partial charge in [0.2, 0.25) is 0 Å². The fraction of sp³-hybridized carbons (Fsp3) is 0.200. The molecule has 0 fully saturated rings. The smallest absolute Gasteiger partial charge is 0.412 e. The Morgan fingerprint density at radius 1 is 1.12 bits per heavy atom. The van der Waals surface area contributed by atoms with Gasteiger partial charge in [0, 0.05) is 12.7 Å². The van der Waals surface area contributed by atoms with E-state index in [-0.39, 0.29) is 0 Å². The van der Waals surface area contributed by atoms with Gasteiger partial charge in [-0.25, -0.2) is 9.59 Å². The Bertz CT molecular complexity index is 338. The zero-order chi connectivity index (χ0) is 12.0. The minimum absolute atomic E-state index is 0.384. The molecule has 0 bridgehead atoms. The van der Waals surface area contributed by atoms with Crippen molar-refractivity contribution in [3.05, 3.63) is 24.3 Å². The molecule has 2 amide bonds. The Kier molecular flexibility index (Phi) is 4.14. The van der Waals surface area contributed by atoms with E-state index in [1.165, 1.54) is 14.2 Å². The monoisotopic (exact) mass is 224 g/mol. The molecule has 0 saturated heterocycles. The number of nitrogens with one attached hydrogen (secondary N) is 2. The maximum Gasteiger partial charge on any atom is 0.412 e. The molecule has 0 aromatic heterocycles. The topological polar surface area (TPSA) is 76.7 Å². The summed E-state index contributed by atoms with van der Waals surface area (Å²) in [5, 5.41) is 4.79. The van der Waals surface area contributed by atoms with Crippen LogP contribution < -0.4 is 15.4 Å². The molecule has 0 radical (unpaired) electrons. The number of rotatable bonds is 2. The number of anilines is 1. The third-order valence-corrected chi connectivity index (χ3v) is 1.70. The third kappa shape index (κ3) is 3.49. The Labute approximate surface area is 92.5 Å². The molecular formula is C10H12N2O4. The number of hydrogen-bond acceptors (Lipinski definition) is 4. The summed E-state index contributed by atoms with van der Waals surface area (Å²) in [5.74, 6) is 0.384. The molecule has 0 saturated carbocycles. The van der Waals surface area contributed by atoms with Gasteiger partial charge in [-0.2, -0.15) is 0 Å². The number of methoxy groups -OCH3 is 1. The number of benzene rings is 1. The minimum atomic E-state index is -0.556. The summed E-state index contributed by atoms with van der Waals surface area (Å²) in [6.07, 6.45) is -1.10. The van der Waals surface area contributed by atoms with E-state index in [1.807, 2.05) is 0 Å². The molecule has 0 aliphatic heterocycles. The molecule has 0 aliphatic rings. The molecule has 1 rings (SSSR count). The van der Waals surface area contributed by atoms with Gasteiger partial charge in [0.25, 0.3) is 0 Å². The molecule has 2 N–H and O–H groups in total. The molecule has 0 unspecified atom stereocenters. The van der Waals surface area contributed by atoms with E-state index in [0.717, 1.165) is 0 Å². The van der Waals surface area contributed by atoms with Crippen molar-refractivity contribution in [1.29, 1.82) is 0 Å². The van der Waals surface area contributed by atoms with Gasteiger partial charge in [0.15, 0.2) is 0 Å². The van der Waals surface area contributed by atoms with Crippen molar-refractivity contribution in [2.75, 3.05) is 19.5 Å². The van der Waals surface area contributed by atoms with Crippen LogP contribution in [0, 0.1) is 0 Å². The standard InChI is InChI=1S/C10H12N2O4/c1-11-9(13)16-8-5-3-7(4-6-8)12-10(14)15-2/h3-6H,1-2H3,(H,11,13)(H,12,14). The highest BCUT2D eigenvalue weighted by Crippen LogP contribution is 2.15. The average Bonchev–Trinajstić information content (AvgIpc) is 2.31. The maximum atomic E-state index is 10.9. The summed E-state index contributed by atoms with van der Waals surface area (Å²) >= 11 is 0. The highest BCUT2D eigenvalue weighted by molar-refractivity contribution is 5.84. The zero-order valence-electron chi connectivity index (χ0n) is 8.94. The molecule has 0 heterocycles. The number of carbonyl (C=O) groups excluding carboxylic acids is 2. The van der Waals surface area contributed by atoms with Crippen LogP contribution >= 0.6 is 0 Å². The summed E-state index contributed by atoms with van der Waals surface area (Å²) in [5.41, 5.74) is 0.552. The molecule has 0 atom stereocenters. The lowest BCUT2D eigenvalue weighted by Gasteiger charge is -2.05. The number of amides is 2. The predicted molar refractivity (Wildman–Crippen MR) is 57.6 cm³/mol. The lowest BCUT2D eigenvalue weighted by atomic mass is 10.3. The van der Waals surface area contributed by atoms with Crippen molar-refractivity contribution < 1.29 is 19.1 Å². The second-order valence-electron chi connectivity index (χ2n) is 2.78. The predicted octanol–water partition coefficient (Wildman–Crippen LogP) is 1.58. The Morgan fingerprint density at radius 3 is 2.25 bits per heavy atom. The fourth-order valence-electron chi connectivity index (χ4n) is 0.933. The largest absolute Gasteiger partial charge is 0.453 e. The first-order valence-electron chi connectivity index (χ1n) is 4.50. The first-order chi connectivity index (χ1) is 7.65. The molecule has 16 heavy (non-hydrogen) atoms. The Balaban J connectivity index is 2.60. The summed E-state index contributed by atoms with van der Waals surface area (Å²) in [4.78, 5) is 21.7. The summed E-state index contributed by atoms with van der Waals surface area (Å²) in [6, 6.07) is 6.30. The van der Waals surface area contributed by atoms with E-state index >= 15 is 0 Å². The zero-order valence-corrected chi connectivity index (χ0v) is 8.94. The SMILES string of the molecule is CNC(=O)Oc1ccc(NC(=O)OC)cc1. The molecular weight excluding hydrogens is 212 g/mol. The van der Waals surface area contributed by atoms with Gasteiger partial charge < -0.3 is 14.8 Å². The molecule has 6 heteroatoms. The second kappa shape index (κ2) is 5.59. The summed E-state index contributed by atoms with van der Waals surface area (Å²) in [6.45, 7) is 0. The van der Waals surface area contributed by atoms with Crippen molar-refractivity contribution in [2.24, 2.45) is 0 Å². The van der Waals surface area contributed by atoms with Crippen LogP contribution in [0.15, 0.2) is 24.3 Å². The van der Waals surface area contributed by atoms with Gasteiger partial charge in [-0.1, -0.05) is 0 Å². The van der Waals surface area contributed by atoms with Gasteiger partial charge in [-0.3, -0.25) is 5.32 Å². The van der Waals surface area contributed by atoms with Gasteiger partial charge in [0.1, 0.15) is 5.75 Å². The normalized spacial score (nSPS) is 9.12. The first-order valence-corrected chi connectivity index (χ1v) is 4.50. The van der Waals surface area contributed by atoms with Crippen molar-refractivity contribution in [1.82, 2.24) is 5.32 Å². The second-order valence-corrected chi connectivity index (χ2v) is 2.78. The van der Waals surface area contributed by atoms with E-state index in [2.05, 4.69) is 15.4 Å². The molecule has 86 valence electrons. The number of carbonyl (C=O) groups is 2.